The molecule has 0 saturated carbocycles. The fraction of sp³-hybridized carbons (Fsp3) is 0.419. The zero-order valence-corrected chi connectivity index (χ0v) is 20.9. The fourth-order valence-electron chi connectivity index (χ4n) is 3.68. The van der Waals surface area contributed by atoms with Crippen LogP contribution in [0.3, 0.4) is 0 Å². The van der Waals surface area contributed by atoms with E-state index in [0.29, 0.717) is 0 Å². The largest absolute Gasteiger partial charge is 0.252 e. The molecule has 0 aliphatic carbocycles. The maximum atomic E-state index is 5.12. The van der Waals surface area contributed by atoms with E-state index in [9.17, 15) is 0 Å². The minimum Gasteiger partial charge on any atom is -0.252 e. The first-order chi connectivity index (χ1) is 16.2. The Balaban J connectivity index is 2.44. The summed E-state index contributed by atoms with van der Waals surface area (Å²) in [4.78, 5) is 10.2. The standard InChI is InChI=1S/C31H38N2/c1-5-9-11-12-13-23-31(33-29-21-15-19-27(25-29)17-8-4)30(22-10-6-2)32-28-20-14-18-26(24-28)16-7-3/h14-15,18-21,24-25H,5-6,9-13,22-23H2,1-4H3. The van der Waals surface area contributed by atoms with Gasteiger partial charge in [0, 0.05) is 11.1 Å². The molecule has 0 aliphatic rings. The highest BCUT2D eigenvalue weighted by Crippen LogP contribution is 2.21. The average molecular weight is 439 g/mol. The quantitative estimate of drug-likeness (QED) is 0.180. The monoisotopic (exact) mass is 438 g/mol. The van der Waals surface area contributed by atoms with E-state index in [4.69, 9.17) is 9.98 Å². The van der Waals surface area contributed by atoms with E-state index in [0.717, 1.165) is 66.0 Å². The van der Waals surface area contributed by atoms with Crippen molar-refractivity contribution in [3.8, 4) is 23.7 Å². The maximum absolute atomic E-state index is 5.12. The Morgan fingerprint density at radius 2 is 1.12 bits per heavy atom. The van der Waals surface area contributed by atoms with E-state index in [1.54, 1.807) is 0 Å². The summed E-state index contributed by atoms with van der Waals surface area (Å²) in [7, 11) is 0. The Morgan fingerprint density at radius 1 is 0.636 bits per heavy atom. The molecule has 0 fully saturated rings. The highest BCUT2D eigenvalue weighted by Gasteiger charge is 2.11. The van der Waals surface area contributed by atoms with E-state index in [1.165, 1.54) is 25.7 Å². The molecular formula is C31H38N2. The molecular weight excluding hydrogens is 400 g/mol. The Bertz CT molecular complexity index is 1050. The number of aliphatic imine (C=N–C) groups is 2. The van der Waals surface area contributed by atoms with Crippen molar-refractivity contribution in [1.29, 1.82) is 0 Å². The molecule has 2 nitrogen and oxygen atoms in total. The molecule has 2 heteroatoms. The van der Waals surface area contributed by atoms with E-state index < -0.39 is 0 Å². The summed E-state index contributed by atoms with van der Waals surface area (Å²) < 4.78 is 0. The van der Waals surface area contributed by atoms with Gasteiger partial charge in [-0.1, -0.05) is 69.9 Å². The summed E-state index contributed by atoms with van der Waals surface area (Å²) in [6.07, 6.45) is 10.3. The average Bonchev–Trinajstić information content (AvgIpc) is 2.82. The predicted octanol–water partition coefficient (Wildman–Crippen LogP) is 8.83. The third kappa shape index (κ3) is 9.93. The van der Waals surface area contributed by atoms with Gasteiger partial charge in [-0.15, -0.1) is 11.8 Å². The van der Waals surface area contributed by atoms with Crippen LogP contribution in [0, 0.1) is 23.7 Å². The molecule has 33 heavy (non-hydrogen) atoms. The van der Waals surface area contributed by atoms with E-state index >= 15 is 0 Å². The summed E-state index contributed by atoms with van der Waals surface area (Å²) in [6.45, 7) is 8.21. The highest BCUT2D eigenvalue weighted by atomic mass is 14.8. The lowest BCUT2D eigenvalue weighted by molar-refractivity contribution is 0.644. The van der Waals surface area contributed by atoms with Gasteiger partial charge in [0.05, 0.1) is 22.8 Å². The van der Waals surface area contributed by atoms with Crippen LogP contribution in [0.1, 0.15) is 96.6 Å². The second kappa shape index (κ2) is 15.7. The van der Waals surface area contributed by atoms with Crippen molar-refractivity contribution in [3.63, 3.8) is 0 Å². The third-order valence-corrected chi connectivity index (χ3v) is 5.38. The number of rotatable bonds is 12. The summed E-state index contributed by atoms with van der Waals surface area (Å²) in [6, 6.07) is 16.4. The normalized spacial score (nSPS) is 11.4. The van der Waals surface area contributed by atoms with Gasteiger partial charge >= 0.3 is 0 Å². The van der Waals surface area contributed by atoms with Gasteiger partial charge in [0.15, 0.2) is 0 Å². The van der Waals surface area contributed by atoms with E-state index in [2.05, 4.69) is 61.8 Å². The Kier molecular flexibility index (Phi) is 12.4. The molecule has 2 rings (SSSR count). The van der Waals surface area contributed by atoms with Crippen LogP contribution < -0.4 is 0 Å². The number of nitrogens with zero attached hydrogens (tertiary/aromatic N) is 2. The smallest absolute Gasteiger partial charge is 0.0646 e. The van der Waals surface area contributed by atoms with Crippen molar-refractivity contribution >= 4 is 22.8 Å². The van der Waals surface area contributed by atoms with Crippen LogP contribution in [0.15, 0.2) is 58.5 Å². The topological polar surface area (TPSA) is 24.7 Å². The molecule has 0 unspecified atom stereocenters. The van der Waals surface area contributed by atoms with Crippen molar-refractivity contribution in [2.45, 2.75) is 85.5 Å². The van der Waals surface area contributed by atoms with Gasteiger partial charge < -0.3 is 0 Å². The molecule has 0 saturated heterocycles. The molecule has 0 atom stereocenters. The van der Waals surface area contributed by atoms with Gasteiger partial charge in [-0.3, -0.25) is 9.98 Å². The molecule has 2 aromatic rings. The van der Waals surface area contributed by atoms with Crippen molar-refractivity contribution < 1.29 is 0 Å². The molecule has 0 N–H and O–H groups in total. The highest BCUT2D eigenvalue weighted by molar-refractivity contribution is 6.43. The van der Waals surface area contributed by atoms with Gasteiger partial charge in [0.2, 0.25) is 0 Å². The molecule has 0 aliphatic heterocycles. The molecule has 0 heterocycles. The van der Waals surface area contributed by atoms with Gasteiger partial charge in [0.25, 0.3) is 0 Å². The van der Waals surface area contributed by atoms with Crippen LogP contribution in [-0.2, 0) is 0 Å². The molecule has 0 radical (unpaired) electrons. The summed E-state index contributed by atoms with van der Waals surface area (Å²) in [5.41, 5.74) is 6.10. The number of benzene rings is 2. The Labute approximate surface area is 201 Å². The first kappa shape index (κ1) is 26.2. The minimum absolute atomic E-state index is 0.933. The number of unbranched alkanes of at least 4 members (excludes halogenated alkanes) is 5. The van der Waals surface area contributed by atoms with Gasteiger partial charge in [-0.05, 0) is 75.9 Å². The SMILES string of the molecule is CC#Cc1cccc(N=C(CCCC)C(CCCCCCC)=Nc2cccc(C#CC)c2)c1. The second-order valence-electron chi connectivity index (χ2n) is 8.24. The first-order valence-corrected chi connectivity index (χ1v) is 12.4. The molecule has 0 aromatic heterocycles. The van der Waals surface area contributed by atoms with Crippen LogP contribution in [-0.4, -0.2) is 11.4 Å². The van der Waals surface area contributed by atoms with E-state index in [-0.39, 0.29) is 0 Å². The van der Waals surface area contributed by atoms with E-state index in [1.807, 2.05) is 38.1 Å². The molecule has 0 amide bonds. The molecule has 2 aromatic carbocycles. The Morgan fingerprint density at radius 3 is 1.61 bits per heavy atom. The van der Waals surface area contributed by atoms with Crippen molar-refractivity contribution in [2.24, 2.45) is 9.98 Å². The van der Waals surface area contributed by atoms with Gasteiger partial charge in [0.1, 0.15) is 0 Å². The van der Waals surface area contributed by atoms with Crippen molar-refractivity contribution in [3.05, 3.63) is 59.7 Å². The molecule has 172 valence electrons. The van der Waals surface area contributed by atoms with Gasteiger partial charge in [-0.25, -0.2) is 0 Å². The molecule has 0 spiro atoms. The first-order valence-electron chi connectivity index (χ1n) is 12.4. The summed E-state index contributed by atoms with van der Waals surface area (Å²) in [5, 5.41) is 0. The number of hydrogen-bond donors (Lipinski definition) is 0. The van der Waals surface area contributed by atoms with Crippen LogP contribution in [0.4, 0.5) is 11.4 Å². The third-order valence-electron chi connectivity index (χ3n) is 5.38. The van der Waals surface area contributed by atoms with Gasteiger partial charge in [-0.2, -0.15) is 0 Å². The predicted molar refractivity (Wildman–Crippen MR) is 145 cm³/mol. The fourth-order valence-corrected chi connectivity index (χ4v) is 3.68. The summed E-state index contributed by atoms with van der Waals surface area (Å²) in [5.74, 6) is 12.3. The van der Waals surface area contributed by atoms with Crippen LogP contribution in [0.25, 0.3) is 0 Å². The maximum Gasteiger partial charge on any atom is 0.0646 e. The lowest BCUT2D eigenvalue weighted by atomic mass is 10.0. The van der Waals surface area contributed by atoms with Crippen LogP contribution >= 0.6 is 0 Å². The lowest BCUT2D eigenvalue weighted by Gasteiger charge is -2.12. The van der Waals surface area contributed by atoms with Crippen LogP contribution in [0.5, 0.6) is 0 Å². The minimum atomic E-state index is 0.933. The number of hydrogen-bond acceptors (Lipinski definition) is 2. The Hall–Kier alpha value is -3.10. The second-order valence-corrected chi connectivity index (χ2v) is 8.24. The van der Waals surface area contributed by atoms with Crippen molar-refractivity contribution in [1.82, 2.24) is 0 Å². The van der Waals surface area contributed by atoms with Crippen LogP contribution in [0.2, 0.25) is 0 Å². The summed E-state index contributed by atoms with van der Waals surface area (Å²) >= 11 is 0. The zero-order valence-electron chi connectivity index (χ0n) is 20.9. The zero-order chi connectivity index (χ0) is 23.7. The lowest BCUT2D eigenvalue weighted by Crippen LogP contribution is -2.14. The van der Waals surface area contributed by atoms with Crippen molar-refractivity contribution in [2.75, 3.05) is 0 Å². The molecule has 0 bridgehead atoms.